The number of nitrogens with one attached hydrogen (secondary N) is 2. The Morgan fingerprint density at radius 2 is 1.88 bits per heavy atom. The summed E-state index contributed by atoms with van der Waals surface area (Å²) in [6.07, 6.45) is 0. The Balaban J connectivity index is 1.56. The van der Waals surface area contributed by atoms with Crippen LogP contribution in [0.2, 0.25) is 10.0 Å². The number of benzene rings is 2. The lowest BCUT2D eigenvalue weighted by Crippen LogP contribution is -2.39. The first-order chi connectivity index (χ1) is 12.1. The fourth-order valence-electron chi connectivity index (χ4n) is 2.10. The Hall–Kier alpha value is -2.48. The number of carbonyl (C=O) groups excluding carboxylic acids is 1. The summed E-state index contributed by atoms with van der Waals surface area (Å²) in [5, 5.41) is 12.7. The quantitative estimate of drug-likeness (QED) is 0.645. The van der Waals surface area contributed by atoms with Crippen LogP contribution in [0.25, 0.3) is 11.4 Å². The molecule has 3 rings (SSSR count). The van der Waals surface area contributed by atoms with Gasteiger partial charge in [-0.2, -0.15) is 4.80 Å². The highest BCUT2D eigenvalue weighted by atomic mass is 35.5. The summed E-state index contributed by atoms with van der Waals surface area (Å²) >= 11 is 12.1. The number of nitrogens with zero attached hydrogens (tertiary/aromatic N) is 4. The van der Waals surface area contributed by atoms with Crippen molar-refractivity contribution in [3.63, 3.8) is 0 Å². The SMILES string of the molecule is O=C(Cn1nnc(-c2cccc(Cl)c2Cl)n1)NNCc1ccccc1. The van der Waals surface area contributed by atoms with Crippen LogP contribution in [-0.4, -0.2) is 26.1 Å². The fraction of sp³-hybridized carbons (Fsp3) is 0.125. The highest BCUT2D eigenvalue weighted by Gasteiger charge is 2.13. The maximum absolute atomic E-state index is 11.9. The number of carbonyl (C=O) groups is 1. The summed E-state index contributed by atoms with van der Waals surface area (Å²) in [5.41, 5.74) is 7.05. The highest BCUT2D eigenvalue weighted by molar-refractivity contribution is 6.43. The molecule has 0 unspecified atom stereocenters. The zero-order valence-corrected chi connectivity index (χ0v) is 14.5. The van der Waals surface area contributed by atoms with E-state index in [9.17, 15) is 4.79 Å². The number of rotatable bonds is 6. The van der Waals surface area contributed by atoms with Gasteiger partial charge in [0.1, 0.15) is 6.54 Å². The zero-order valence-electron chi connectivity index (χ0n) is 13.0. The standard InChI is InChI=1S/C16H14Cl2N6O/c17-13-8-4-7-12(15(13)18)16-21-23-24(22-16)10-14(25)20-19-9-11-5-2-1-3-6-11/h1-8,19H,9-10H2,(H,20,25). The number of hydrogen-bond acceptors (Lipinski definition) is 5. The number of amides is 1. The highest BCUT2D eigenvalue weighted by Crippen LogP contribution is 2.30. The van der Waals surface area contributed by atoms with E-state index in [1.165, 1.54) is 4.80 Å². The van der Waals surface area contributed by atoms with Crippen LogP contribution in [0, 0.1) is 0 Å². The molecule has 0 atom stereocenters. The Morgan fingerprint density at radius 1 is 1.08 bits per heavy atom. The molecular formula is C16H14Cl2N6O. The van der Waals surface area contributed by atoms with Gasteiger partial charge in [0.2, 0.25) is 5.82 Å². The van der Waals surface area contributed by atoms with Crippen molar-refractivity contribution in [1.82, 2.24) is 31.1 Å². The van der Waals surface area contributed by atoms with Gasteiger partial charge in [0, 0.05) is 12.1 Å². The molecule has 3 aromatic rings. The van der Waals surface area contributed by atoms with Gasteiger partial charge >= 0.3 is 0 Å². The van der Waals surface area contributed by atoms with Crippen molar-refractivity contribution in [2.45, 2.75) is 13.1 Å². The van der Waals surface area contributed by atoms with Crippen LogP contribution < -0.4 is 10.9 Å². The molecule has 2 N–H and O–H groups in total. The van der Waals surface area contributed by atoms with Gasteiger partial charge < -0.3 is 0 Å². The van der Waals surface area contributed by atoms with Gasteiger partial charge in [0.25, 0.3) is 5.91 Å². The molecule has 2 aromatic carbocycles. The minimum atomic E-state index is -0.294. The smallest absolute Gasteiger partial charge is 0.257 e. The summed E-state index contributed by atoms with van der Waals surface area (Å²) in [6.45, 7) is 0.438. The van der Waals surface area contributed by atoms with E-state index >= 15 is 0 Å². The van der Waals surface area contributed by atoms with Crippen LogP contribution in [0.5, 0.6) is 0 Å². The van der Waals surface area contributed by atoms with Crippen LogP contribution in [0.4, 0.5) is 0 Å². The van der Waals surface area contributed by atoms with Crippen LogP contribution in [0.15, 0.2) is 48.5 Å². The van der Waals surface area contributed by atoms with Gasteiger partial charge in [-0.05, 0) is 22.9 Å². The number of hydrogen-bond donors (Lipinski definition) is 2. The third-order valence-corrected chi connectivity index (χ3v) is 4.11. The maximum atomic E-state index is 11.9. The first-order valence-corrected chi connectivity index (χ1v) is 8.17. The zero-order chi connectivity index (χ0) is 17.6. The topological polar surface area (TPSA) is 84.7 Å². The van der Waals surface area contributed by atoms with Crippen molar-refractivity contribution >= 4 is 29.1 Å². The second-order valence-electron chi connectivity index (χ2n) is 5.13. The van der Waals surface area contributed by atoms with Gasteiger partial charge in [0.05, 0.1) is 10.0 Å². The molecule has 7 nitrogen and oxygen atoms in total. The molecule has 0 aliphatic heterocycles. The van der Waals surface area contributed by atoms with E-state index in [2.05, 4.69) is 26.3 Å². The van der Waals surface area contributed by atoms with Crippen molar-refractivity contribution in [3.8, 4) is 11.4 Å². The predicted molar refractivity (Wildman–Crippen MR) is 94.7 cm³/mol. The molecule has 0 bridgehead atoms. The molecule has 0 aliphatic rings. The van der Waals surface area contributed by atoms with Gasteiger partial charge in [-0.3, -0.25) is 10.2 Å². The normalized spacial score (nSPS) is 10.6. The van der Waals surface area contributed by atoms with Gasteiger partial charge in [-0.15, -0.1) is 10.2 Å². The fourth-order valence-corrected chi connectivity index (χ4v) is 2.49. The summed E-state index contributed by atoms with van der Waals surface area (Å²) in [6, 6.07) is 14.9. The Morgan fingerprint density at radius 3 is 2.68 bits per heavy atom. The molecular weight excluding hydrogens is 363 g/mol. The molecule has 0 aliphatic carbocycles. The monoisotopic (exact) mass is 376 g/mol. The van der Waals surface area contributed by atoms with Crippen molar-refractivity contribution in [3.05, 3.63) is 64.1 Å². The van der Waals surface area contributed by atoms with Crippen LogP contribution in [0.1, 0.15) is 5.56 Å². The lowest BCUT2D eigenvalue weighted by molar-refractivity contribution is -0.123. The van der Waals surface area contributed by atoms with Crippen molar-refractivity contribution < 1.29 is 4.79 Å². The first-order valence-electron chi connectivity index (χ1n) is 7.41. The molecule has 0 radical (unpaired) electrons. The second kappa shape index (κ2) is 8.06. The molecule has 25 heavy (non-hydrogen) atoms. The third kappa shape index (κ3) is 4.54. The van der Waals surface area contributed by atoms with Gasteiger partial charge in [-0.25, -0.2) is 5.43 Å². The minimum Gasteiger partial charge on any atom is -0.290 e. The van der Waals surface area contributed by atoms with E-state index in [4.69, 9.17) is 23.2 Å². The van der Waals surface area contributed by atoms with E-state index in [0.29, 0.717) is 28.0 Å². The second-order valence-corrected chi connectivity index (χ2v) is 5.92. The molecule has 1 heterocycles. The van der Waals surface area contributed by atoms with Crippen LogP contribution in [0.3, 0.4) is 0 Å². The van der Waals surface area contributed by atoms with Crippen molar-refractivity contribution in [2.75, 3.05) is 0 Å². The van der Waals surface area contributed by atoms with E-state index in [1.54, 1.807) is 18.2 Å². The minimum absolute atomic E-state index is 0.0764. The number of tetrazole rings is 1. The summed E-state index contributed by atoms with van der Waals surface area (Å²) in [7, 11) is 0. The van der Waals surface area contributed by atoms with E-state index in [0.717, 1.165) is 5.56 Å². The molecule has 128 valence electrons. The average molecular weight is 377 g/mol. The van der Waals surface area contributed by atoms with Gasteiger partial charge in [-0.1, -0.05) is 59.6 Å². The number of hydrazine groups is 1. The molecule has 0 spiro atoms. The molecule has 0 saturated heterocycles. The van der Waals surface area contributed by atoms with Crippen LogP contribution in [-0.2, 0) is 17.9 Å². The van der Waals surface area contributed by atoms with E-state index in [1.807, 2.05) is 30.3 Å². The summed E-state index contributed by atoms with van der Waals surface area (Å²) in [5.74, 6) is 0.00890. The molecule has 1 amide bonds. The lowest BCUT2D eigenvalue weighted by atomic mass is 10.2. The van der Waals surface area contributed by atoms with Gasteiger partial charge in [0.15, 0.2) is 0 Å². The van der Waals surface area contributed by atoms with E-state index < -0.39 is 0 Å². The summed E-state index contributed by atoms with van der Waals surface area (Å²) in [4.78, 5) is 13.1. The average Bonchev–Trinajstić information content (AvgIpc) is 3.06. The lowest BCUT2D eigenvalue weighted by Gasteiger charge is -2.06. The summed E-state index contributed by atoms with van der Waals surface area (Å²) < 4.78 is 0. The molecule has 0 saturated carbocycles. The largest absolute Gasteiger partial charge is 0.290 e. The first kappa shape index (κ1) is 17.3. The number of aromatic nitrogens is 4. The molecule has 1 aromatic heterocycles. The Kier molecular flexibility index (Phi) is 5.60. The molecule has 9 heteroatoms. The van der Waals surface area contributed by atoms with E-state index in [-0.39, 0.29) is 12.5 Å². The maximum Gasteiger partial charge on any atom is 0.257 e. The Labute approximate surface area is 153 Å². The Bertz CT molecular complexity index is 868. The van der Waals surface area contributed by atoms with Crippen molar-refractivity contribution in [2.24, 2.45) is 0 Å². The predicted octanol–water partition coefficient (Wildman–Crippen LogP) is 2.47. The van der Waals surface area contributed by atoms with Crippen molar-refractivity contribution in [1.29, 1.82) is 0 Å². The number of halogens is 2. The molecule has 0 fully saturated rings. The van der Waals surface area contributed by atoms with Crippen LogP contribution >= 0.6 is 23.2 Å². The third-order valence-electron chi connectivity index (χ3n) is 3.29.